The van der Waals surface area contributed by atoms with E-state index in [0.29, 0.717) is 6.29 Å². The molecule has 0 rings (SSSR count). The highest BCUT2D eigenvalue weighted by molar-refractivity contribution is 7.45. The van der Waals surface area contributed by atoms with Crippen molar-refractivity contribution < 1.29 is 28.4 Å². The maximum Gasteiger partial charge on any atom is 0.268 e. The number of allylic oxidation sites excluding steroid dienone is 1. The number of phosphoric acid groups is 1. The Morgan fingerprint density at radius 3 is 2.60 bits per heavy atom. The molecule has 0 saturated heterocycles. The van der Waals surface area contributed by atoms with Crippen molar-refractivity contribution in [3.63, 3.8) is 0 Å². The molecule has 0 heterocycles. The molecule has 0 spiro atoms. The summed E-state index contributed by atoms with van der Waals surface area (Å²) >= 11 is 0. The minimum absolute atomic E-state index is 0.463. The molecule has 2 atom stereocenters. The molecule has 88 valence electrons. The molecule has 0 aromatic heterocycles. The molecule has 0 radical (unpaired) electrons. The van der Waals surface area contributed by atoms with Crippen LogP contribution in [0.1, 0.15) is 13.8 Å². The number of aliphatic hydroxyl groups excluding tert-OH is 1. The van der Waals surface area contributed by atoms with Crippen molar-refractivity contribution in [2.24, 2.45) is 0 Å². The summed E-state index contributed by atoms with van der Waals surface area (Å²) in [5.74, 6) is 0. The molecule has 0 amide bonds. The van der Waals surface area contributed by atoms with E-state index in [1.165, 1.54) is 13.8 Å². The first-order valence-electron chi connectivity index (χ1n) is 4.31. The van der Waals surface area contributed by atoms with Gasteiger partial charge in [0.2, 0.25) is 0 Å². The van der Waals surface area contributed by atoms with Crippen molar-refractivity contribution in [3.8, 4) is 0 Å². The molecule has 0 aromatic carbocycles. The summed E-state index contributed by atoms with van der Waals surface area (Å²) in [5.41, 5.74) is 0. The van der Waals surface area contributed by atoms with Gasteiger partial charge in [-0.1, -0.05) is 6.08 Å². The van der Waals surface area contributed by atoms with E-state index in [-0.39, 0.29) is 0 Å². The van der Waals surface area contributed by atoms with E-state index in [4.69, 9.17) is 5.11 Å². The highest BCUT2D eigenvalue weighted by atomic mass is 31.2. The fourth-order valence-electron chi connectivity index (χ4n) is 0.685. The van der Waals surface area contributed by atoms with Gasteiger partial charge in [0.25, 0.3) is 7.82 Å². The molecular formula is C8H14O6P-. The highest BCUT2D eigenvalue weighted by Crippen LogP contribution is 2.39. The summed E-state index contributed by atoms with van der Waals surface area (Å²) in [5, 5.41) is 9.09. The molecule has 15 heavy (non-hydrogen) atoms. The number of rotatable bonds is 7. The minimum atomic E-state index is -4.37. The molecule has 0 bridgehead atoms. The number of carbonyl (C=O) groups is 1. The normalized spacial score (nSPS) is 17.9. The zero-order valence-electron chi connectivity index (χ0n) is 8.53. The van der Waals surface area contributed by atoms with Gasteiger partial charge in [0.05, 0.1) is 18.8 Å². The van der Waals surface area contributed by atoms with Gasteiger partial charge in [-0.05, 0) is 19.9 Å². The van der Waals surface area contributed by atoms with Crippen LogP contribution in [-0.2, 0) is 18.4 Å². The smallest absolute Gasteiger partial charge is 0.268 e. The van der Waals surface area contributed by atoms with Crippen LogP contribution in [0.25, 0.3) is 0 Å². The minimum Gasteiger partial charge on any atom is -0.756 e. The number of hydrogen-bond donors (Lipinski definition) is 1. The zero-order chi connectivity index (χ0) is 11.9. The van der Waals surface area contributed by atoms with Crippen LogP contribution in [0.5, 0.6) is 0 Å². The maximum atomic E-state index is 11.0. The molecule has 0 aromatic rings. The fourth-order valence-corrected chi connectivity index (χ4v) is 1.60. The van der Waals surface area contributed by atoms with Gasteiger partial charge < -0.3 is 19.0 Å². The van der Waals surface area contributed by atoms with Crippen molar-refractivity contribution in [1.82, 2.24) is 0 Å². The topological polar surface area (TPSA) is 95.9 Å². The van der Waals surface area contributed by atoms with E-state index >= 15 is 0 Å². The van der Waals surface area contributed by atoms with Gasteiger partial charge in [-0.3, -0.25) is 9.36 Å². The first kappa shape index (κ1) is 14.5. The summed E-state index contributed by atoms with van der Waals surface area (Å²) < 4.78 is 19.8. The Bertz CT molecular complexity index is 262. The second-order valence-corrected chi connectivity index (χ2v) is 4.35. The Hall–Kier alpha value is -0.520. The number of aldehydes is 1. The van der Waals surface area contributed by atoms with Crippen LogP contribution in [0.2, 0.25) is 0 Å². The SMILES string of the molecule is CC(C)OP(=O)([O-])OCC(O)/C=C\C=O. The Kier molecular flexibility index (Phi) is 6.63. The van der Waals surface area contributed by atoms with Crippen molar-refractivity contribution in [2.75, 3.05) is 6.61 Å². The Morgan fingerprint density at radius 2 is 2.13 bits per heavy atom. The molecule has 0 fully saturated rings. The number of phosphoric ester groups is 1. The lowest BCUT2D eigenvalue weighted by molar-refractivity contribution is -0.229. The van der Waals surface area contributed by atoms with Crippen LogP contribution in [-0.4, -0.2) is 30.2 Å². The second-order valence-electron chi connectivity index (χ2n) is 2.99. The molecule has 0 aliphatic heterocycles. The number of hydrogen-bond acceptors (Lipinski definition) is 6. The van der Waals surface area contributed by atoms with E-state index in [2.05, 4.69) is 9.05 Å². The van der Waals surface area contributed by atoms with Crippen molar-refractivity contribution >= 4 is 14.1 Å². The number of aliphatic hydroxyl groups is 1. The van der Waals surface area contributed by atoms with Crippen LogP contribution in [0, 0.1) is 0 Å². The first-order chi connectivity index (χ1) is 6.87. The van der Waals surface area contributed by atoms with Crippen molar-refractivity contribution in [3.05, 3.63) is 12.2 Å². The third kappa shape index (κ3) is 8.47. The van der Waals surface area contributed by atoms with Crippen molar-refractivity contribution in [1.29, 1.82) is 0 Å². The molecule has 1 N–H and O–H groups in total. The standard InChI is InChI=1S/C8H15O6P/c1-7(2)14-15(11,12)13-6-8(10)4-3-5-9/h3-5,7-8,10H,6H2,1-2H3,(H,11,12)/p-1/b4-3-. The largest absolute Gasteiger partial charge is 0.756 e. The van der Waals surface area contributed by atoms with Crippen LogP contribution >= 0.6 is 7.82 Å². The second kappa shape index (κ2) is 6.87. The van der Waals surface area contributed by atoms with Gasteiger partial charge in [-0.25, -0.2) is 0 Å². The third-order valence-corrected chi connectivity index (χ3v) is 2.30. The maximum absolute atomic E-state index is 11.0. The van der Waals surface area contributed by atoms with Gasteiger partial charge in [0, 0.05) is 0 Å². The van der Waals surface area contributed by atoms with Gasteiger partial charge in [-0.2, -0.15) is 0 Å². The molecule has 0 aliphatic carbocycles. The summed E-state index contributed by atoms with van der Waals surface area (Å²) in [6, 6.07) is 0. The first-order valence-corrected chi connectivity index (χ1v) is 5.77. The average Bonchev–Trinajstić information content (AvgIpc) is 2.09. The van der Waals surface area contributed by atoms with Crippen LogP contribution in [0.4, 0.5) is 0 Å². The Labute approximate surface area is 88.1 Å². The lowest BCUT2D eigenvalue weighted by Gasteiger charge is -2.25. The molecule has 6 nitrogen and oxygen atoms in total. The van der Waals surface area contributed by atoms with Gasteiger partial charge in [0.1, 0.15) is 6.29 Å². The lowest BCUT2D eigenvalue weighted by atomic mass is 10.3. The van der Waals surface area contributed by atoms with Gasteiger partial charge in [-0.15, -0.1) is 0 Å². The van der Waals surface area contributed by atoms with E-state index < -0.39 is 26.6 Å². The summed E-state index contributed by atoms with van der Waals surface area (Å²) in [7, 11) is -4.37. The van der Waals surface area contributed by atoms with E-state index in [1.54, 1.807) is 0 Å². The summed E-state index contributed by atoms with van der Waals surface area (Å²) in [6.07, 6.45) is 0.948. The zero-order valence-corrected chi connectivity index (χ0v) is 9.42. The van der Waals surface area contributed by atoms with E-state index in [1.807, 2.05) is 0 Å². The molecule has 2 unspecified atom stereocenters. The summed E-state index contributed by atoms with van der Waals surface area (Å²) in [4.78, 5) is 20.9. The fraction of sp³-hybridized carbons (Fsp3) is 0.625. The predicted molar refractivity (Wildman–Crippen MR) is 51.0 cm³/mol. The third-order valence-electron chi connectivity index (χ3n) is 1.16. The highest BCUT2D eigenvalue weighted by Gasteiger charge is 2.13. The summed E-state index contributed by atoms with van der Waals surface area (Å²) in [6.45, 7) is 2.60. The lowest BCUT2D eigenvalue weighted by Crippen LogP contribution is -2.18. The molecule has 0 aliphatic rings. The average molecular weight is 237 g/mol. The van der Waals surface area contributed by atoms with Gasteiger partial charge in [0.15, 0.2) is 0 Å². The molecule has 0 saturated carbocycles. The molecule has 7 heteroatoms. The quantitative estimate of drug-likeness (QED) is 0.380. The van der Waals surface area contributed by atoms with E-state index in [9.17, 15) is 14.3 Å². The van der Waals surface area contributed by atoms with Crippen LogP contribution < -0.4 is 4.89 Å². The van der Waals surface area contributed by atoms with Crippen molar-refractivity contribution in [2.45, 2.75) is 26.1 Å². The molecular weight excluding hydrogens is 223 g/mol. The Morgan fingerprint density at radius 1 is 1.53 bits per heavy atom. The van der Waals surface area contributed by atoms with E-state index in [0.717, 1.165) is 12.2 Å². The van der Waals surface area contributed by atoms with Gasteiger partial charge >= 0.3 is 0 Å². The Balaban J connectivity index is 3.97. The van der Waals surface area contributed by atoms with Crippen LogP contribution in [0.15, 0.2) is 12.2 Å². The predicted octanol–water partition coefficient (Wildman–Crippen LogP) is 0.0124. The number of carbonyl (C=O) groups excluding carboxylic acids is 1. The monoisotopic (exact) mass is 237 g/mol. The van der Waals surface area contributed by atoms with Crippen LogP contribution in [0.3, 0.4) is 0 Å².